The molecule has 1 aliphatic heterocycles. The maximum atomic E-state index is 12.3. The van der Waals surface area contributed by atoms with Gasteiger partial charge in [-0.1, -0.05) is 30.3 Å². The molecule has 0 saturated heterocycles. The molecule has 0 aliphatic carbocycles. The topological polar surface area (TPSA) is 63.3 Å². The van der Waals surface area contributed by atoms with Crippen molar-refractivity contribution < 1.29 is 14.3 Å². The van der Waals surface area contributed by atoms with Gasteiger partial charge in [0.2, 0.25) is 0 Å². The number of hydrogen-bond acceptors (Lipinski definition) is 4. The van der Waals surface area contributed by atoms with E-state index in [2.05, 4.69) is 16.4 Å². The zero-order valence-corrected chi connectivity index (χ0v) is 15.0. The molecule has 1 unspecified atom stereocenters. The van der Waals surface area contributed by atoms with Gasteiger partial charge in [0.25, 0.3) is 0 Å². The predicted octanol–water partition coefficient (Wildman–Crippen LogP) is 3.28. The molecule has 0 saturated carbocycles. The van der Waals surface area contributed by atoms with Gasteiger partial charge in [-0.2, -0.15) is 0 Å². The largest absolute Gasteiger partial charge is 0.489 e. The second-order valence-electron chi connectivity index (χ2n) is 6.75. The number of benzene rings is 2. The normalized spacial score (nSPS) is 19.2. The van der Waals surface area contributed by atoms with Crippen LogP contribution in [0, 0.1) is 0 Å². The molecule has 0 radical (unpaired) electrons. The lowest BCUT2D eigenvalue weighted by Gasteiger charge is -2.32. The van der Waals surface area contributed by atoms with Crippen molar-refractivity contribution in [2.45, 2.75) is 25.5 Å². The zero-order valence-electron chi connectivity index (χ0n) is 15.0. The molecule has 4 rings (SSSR count). The highest BCUT2D eigenvalue weighted by atomic mass is 16.5. The monoisotopic (exact) mass is 350 g/mol. The maximum Gasteiger partial charge on any atom is 0.331 e. The lowest BCUT2D eigenvalue weighted by molar-refractivity contribution is -0.148. The molecule has 2 heterocycles. The van der Waals surface area contributed by atoms with Gasteiger partial charge in [-0.05, 0) is 42.7 Å². The third-order valence-electron chi connectivity index (χ3n) is 5.07. The van der Waals surface area contributed by atoms with Crippen LogP contribution >= 0.6 is 0 Å². The molecule has 2 aromatic carbocycles. The van der Waals surface area contributed by atoms with E-state index in [9.17, 15) is 4.79 Å². The molecule has 1 aliphatic rings. The summed E-state index contributed by atoms with van der Waals surface area (Å²) in [4.78, 5) is 15.7. The molecule has 0 spiro atoms. The van der Waals surface area contributed by atoms with Crippen LogP contribution in [0.15, 0.2) is 48.5 Å². The summed E-state index contributed by atoms with van der Waals surface area (Å²) in [6.45, 7) is 3.11. The molecule has 2 N–H and O–H groups in total. The summed E-state index contributed by atoms with van der Waals surface area (Å²) < 4.78 is 11.0. The highest BCUT2D eigenvalue weighted by molar-refractivity contribution is 5.91. The van der Waals surface area contributed by atoms with Crippen molar-refractivity contribution in [3.8, 4) is 5.75 Å². The van der Waals surface area contributed by atoms with Crippen LogP contribution in [0.4, 0.5) is 0 Å². The van der Waals surface area contributed by atoms with E-state index in [0.717, 1.165) is 46.4 Å². The van der Waals surface area contributed by atoms with Crippen LogP contribution in [0.25, 0.3) is 10.9 Å². The Bertz CT molecular complexity index is 949. The van der Waals surface area contributed by atoms with E-state index >= 15 is 0 Å². The van der Waals surface area contributed by atoms with Crippen LogP contribution in [0.3, 0.4) is 0 Å². The number of methoxy groups -OCH3 is 1. The number of esters is 1. The summed E-state index contributed by atoms with van der Waals surface area (Å²) in [6, 6.07) is 16.1. The first-order chi connectivity index (χ1) is 12.6. The second-order valence-corrected chi connectivity index (χ2v) is 6.75. The van der Waals surface area contributed by atoms with Gasteiger partial charge in [-0.25, -0.2) is 4.79 Å². The van der Waals surface area contributed by atoms with E-state index in [1.165, 1.54) is 7.11 Å². The molecule has 1 aromatic heterocycles. The molecule has 134 valence electrons. The number of hydrogen-bond donors (Lipinski definition) is 2. The Kier molecular flexibility index (Phi) is 4.17. The Labute approximate surface area is 152 Å². The molecule has 0 bridgehead atoms. The first kappa shape index (κ1) is 16.7. The minimum absolute atomic E-state index is 0.287. The number of rotatable bonds is 4. The van der Waals surface area contributed by atoms with Gasteiger partial charge < -0.3 is 14.5 Å². The van der Waals surface area contributed by atoms with Gasteiger partial charge in [0.05, 0.1) is 12.8 Å². The van der Waals surface area contributed by atoms with E-state index in [-0.39, 0.29) is 5.97 Å². The van der Waals surface area contributed by atoms with Gasteiger partial charge in [0, 0.05) is 17.4 Å². The van der Waals surface area contributed by atoms with Crippen LogP contribution in [-0.4, -0.2) is 24.6 Å². The second kappa shape index (κ2) is 6.50. The molecular formula is C21H22N2O3. The number of fused-ring (bicyclic) bond motifs is 3. The zero-order chi connectivity index (χ0) is 18.1. The number of aromatic nitrogens is 1. The Morgan fingerprint density at radius 2 is 2.00 bits per heavy atom. The van der Waals surface area contributed by atoms with Crippen molar-refractivity contribution in [2.75, 3.05) is 13.7 Å². The standard InChI is InChI=1S/C21H22N2O3/c1-21(20(24)25-2)19-16(10-11-22-21)17-12-15(8-9-18(17)23-19)26-13-14-6-4-3-5-7-14/h3-9,12,22-23H,10-11,13H2,1-2H3. The summed E-state index contributed by atoms with van der Waals surface area (Å²) in [5.41, 5.74) is 3.31. The first-order valence-corrected chi connectivity index (χ1v) is 8.77. The first-order valence-electron chi connectivity index (χ1n) is 8.77. The summed E-state index contributed by atoms with van der Waals surface area (Å²) in [6.07, 6.45) is 0.851. The lowest BCUT2D eigenvalue weighted by atomic mass is 9.88. The molecule has 1 atom stereocenters. The summed E-state index contributed by atoms with van der Waals surface area (Å²) in [5, 5.41) is 4.39. The minimum atomic E-state index is -0.855. The molecule has 5 nitrogen and oxygen atoms in total. The van der Waals surface area contributed by atoms with Crippen LogP contribution in [0.1, 0.15) is 23.7 Å². The average Bonchev–Trinajstić information content (AvgIpc) is 3.06. The number of nitrogens with one attached hydrogen (secondary N) is 2. The molecule has 3 aromatic rings. The van der Waals surface area contributed by atoms with Crippen molar-refractivity contribution >= 4 is 16.9 Å². The minimum Gasteiger partial charge on any atom is -0.489 e. The number of H-pyrrole nitrogens is 1. The van der Waals surface area contributed by atoms with E-state index in [1.807, 2.05) is 49.4 Å². The fourth-order valence-corrected chi connectivity index (χ4v) is 3.65. The van der Waals surface area contributed by atoms with Gasteiger partial charge in [-0.3, -0.25) is 5.32 Å². The number of aromatic amines is 1. The highest BCUT2D eigenvalue weighted by Crippen LogP contribution is 2.35. The number of ether oxygens (including phenoxy) is 2. The van der Waals surface area contributed by atoms with E-state index in [4.69, 9.17) is 9.47 Å². The fraction of sp³-hybridized carbons (Fsp3) is 0.286. The Hall–Kier alpha value is -2.79. The van der Waals surface area contributed by atoms with Gasteiger partial charge in [0.1, 0.15) is 12.4 Å². The van der Waals surface area contributed by atoms with E-state index < -0.39 is 5.54 Å². The summed E-state index contributed by atoms with van der Waals surface area (Å²) >= 11 is 0. The third kappa shape index (κ3) is 2.74. The molecule has 26 heavy (non-hydrogen) atoms. The molecule has 0 amide bonds. The van der Waals surface area contributed by atoms with Gasteiger partial charge in [-0.15, -0.1) is 0 Å². The molecule has 5 heteroatoms. The van der Waals surface area contributed by atoms with Crippen molar-refractivity contribution in [2.24, 2.45) is 0 Å². The van der Waals surface area contributed by atoms with Gasteiger partial charge in [0.15, 0.2) is 5.54 Å². The smallest absolute Gasteiger partial charge is 0.331 e. The SMILES string of the molecule is COC(=O)C1(C)NCCc2c1[nH]c1ccc(OCc3ccccc3)cc21. The van der Waals surface area contributed by atoms with Crippen molar-refractivity contribution in [1.29, 1.82) is 0 Å². The fourth-order valence-electron chi connectivity index (χ4n) is 3.65. The van der Waals surface area contributed by atoms with E-state index in [1.54, 1.807) is 0 Å². The van der Waals surface area contributed by atoms with Gasteiger partial charge >= 0.3 is 5.97 Å². The third-order valence-corrected chi connectivity index (χ3v) is 5.07. The van der Waals surface area contributed by atoms with Crippen molar-refractivity contribution in [3.63, 3.8) is 0 Å². The van der Waals surface area contributed by atoms with Crippen molar-refractivity contribution in [3.05, 3.63) is 65.4 Å². The van der Waals surface area contributed by atoms with Crippen LogP contribution < -0.4 is 10.1 Å². The average molecular weight is 350 g/mol. The highest BCUT2D eigenvalue weighted by Gasteiger charge is 2.42. The van der Waals surface area contributed by atoms with Crippen LogP contribution in [0.5, 0.6) is 5.75 Å². The Morgan fingerprint density at radius 3 is 2.77 bits per heavy atom. The maximum absolute atomic E-state index is 12.3. The number of carbonyl (C=O) groups excluding carboxylic acids is 1. The van der Waals surface area contributed by atoms with Crippen LogP contribution in [-0.2, 0) is 28.1 Å². The Balaban J connectivity index is 1.68. The number of carbonyl (C=O) groups is 1. The molecular weight excluding hydrogens is 328 g/mol. The summed E-state index contributed by atoms with van der Waals surface area (Å²) in [5.74, 6) is 0.534. The predicted molar refractivity (Wildman–Crippen MR) is 100 cm³/mol. The quantitative estimate of drug-likeness (QED) is 0.709. The molecule has 0 fully saturated rings. The Morgan fingerprint density at radius 1 is 1.19 bits per heavy atom. The summed E-state index contributed by atoms with van der Waals surface area (Å²) in [7, 11) is 1.42. The van der Waals surface area contributed by atoms with E-state index in [0.29, 0.717) is 6.61 Å². The van der Waals surface area contributed by atoms with Crippen molar-refractivity contribution in [1.82, 2.24) is 10.3 Å². The lowest BCUT2D eigenvalue weighted by Crippen LogP contribution is -2.51. The van der Waals surface area contributed by atoms with Crippen LogP contribution in [0.2, 0.25) is 0 Å².